The lowest BCUT2D eigenvalue weighted by Gasteiger charge is -2.16. The molecule has 6 nitrogen and oxygen atoms in total. The minimum Gasteiger partial charge on any atom is -0.497 e. The molecule has 7 heteroatoms. The van der Waals surface area contributed by atoms with Crippen molar-refractivity contribution < 1.29 is 14.3 Å². The summed E-state index contributed by atoms with van der Waals surface area (Å²) in [5, 5.41) is 5.28. The third-order valence-corrected chi connectivity index (χ3v) is 5.70. The first-order valence-corrected chi connectivity index (χ1v) is 10.2. The highest BCUT2D eigenvalue weighted by atomic mass is 32.1. The highest BCUT2D eigenvalue weighted by Gasteiger charge is 2.35. The van der Waals surface area contributed by atoms with Gasteiger partial charge in [-0.15, -0.1) is 11.3 Å². The van der Waals surface area contributed by atoms with Gasteiger partial charge in [0.05, 0.1) is 18.7 Å². The van der Waals surface area contributed by atoms with E-state index in [4.69, 9.17) is 4.74 Å². The summed E-state index contributed by atoms with van der Waals surface area (Å²) in [6.07, 6.45) is 0.202. The highest BCUT2D eigenvalue weighted by molar-refractivity contribution is 7.14. The maximum Gasteiger partial charge on any atom is 0.231 e. The Kier molecular flexibility index (Phi) is 5.31. The molecule has 2 aromatic carbocycles. The zero-order chi connectivity index (χ0) is 20.4. The molecule has 0 aliphatic carbocycles. The first kappa shape index (κ1) is 19.1. The van der Waals surface area contributed by atoms with E-state index in [1.807, 2.05) is 60.8 Å². The smallest absolute Gasteiger partial charge is 0.231 e. The number of hydrogen-bond donors (Lipinski definition) is 1. The fraction of sp³-hybridized carbons (Fsp3) is 0.227. The number of ether oxygens (including phenoxy) is 1. The minimum atomic E-state index is -0.395. The zero-order valence-corrected chi connectivity index (χ0v) is 17.0. The van der Waals surface area contributed by atoms with Crippen molar-refractivity contribution in [2.24, 2.45) is 5.92 Å². The number of anilines is 2. The number of carbonyl (C=O) groups excluding carboxylic acids is 2. The van der Waals surface area contributed by atoms with Crippen molar-refractivity contribution in [2.45, 2.75) is 13.3 Å². The topological polar surface area (TPSA) is 71.5 Å². The van der Waals surface area contributed by atoms with Crippen molar-refractivity contribution in [3.8, 4) is 17.0 Å². The van der Waals surface area contributed by atoms with Crippen LogP contribution in [0.4, 0.5) is 10.8 Å². The number of nitrogens with one attached hydrogen (secondary N) is 1. The Hall–Kier alpha value is -3.19. The molecule has 0 bridgehead atoms. The van der Waals surface area contributed by atoms with Crippen LogP contribution in [0.3, 0.4) is 0 Å². The van der Waals surface area contributed by atoms with Gasteiger partial charge in [-0.3, -0.25) is 9.59 Å². The number of aryl methyl sites for hydroxylation is 1. The number of amides is 2. The Bertz CT molecular complexity index is 1050. The van der Waals surface area contributed by atoms with Crippen LogP contribution in [-0.2, 0) is 9.59 Å². The molecule has 1 aromatic heterocycles. The van der Waals surface area contributed by atoms with Crippen LogP contribution < -0.4 is 15.0 Å². The van der Waals surface area contributed by atoms with Crippen LogP contribution in [0, 0.1) is 12.8 Å². The van der Waals surface area contributed by atoms with Crippen molar-refractivity contribution in [1.29, 1.82) is 0 Å². The molecular formula is C22H21N3O3S. The van der Waals surface area contributed by atoms with Gasteiger partial charge in [0.1, 0.15) is 5.75 Å². The zero-order valence-electron chi connectivity index (χ0n) is 16.2. The fourth-order valence-electron chi connectivity index (χ4n) is 3.31. The number of nitrogens with zero attached hydrogens (tertiary/aromatic N) is 2. The molecular weight excluding hydrogens is 386 g/mol. The van der Waals surface area contributed by atoms with Gasteiger partial charge in [0, 0.05) is 29.6 Å². The molecule has 4 rings (SSSR count). The summed E-state index contributed by atoms with van der Waals surface area (Å²) >= 11 is 1.36. The van der Waals surface area contributed by atoms with E-state index >= 15 is 0 Å². The van der Waals surface area contributed by atoms with Gasteiger partial charge in [-0.1, -0.05) is 29.8 Å². The molecule has 3 aromatic rings. The molecule has 0 spiro atoms. The van der Waals surface area contributed by atoms with Crippen molar-refractivity contribution in [2.75, 3.05) is 23.9 Å². The third-order valence-electron chi connectivity index (χ3n) is 4.94. The lowest BCUT2D eigenvalue weighted by molar-refractivity contribution is -0.122. The molecule has 1 fully saturated rings. The van der Waals surface area contributed by atoms with Gasteiger partial charge in [0.2, 0.25) is 11.8 Å². The van der Waals surface area contributed by atoms with E-state index in [-0.39, 0.29) is 18.2 Å². The predicted octanol–water partition coefficient (Wildman–Crippen LogP) is 4.12. The molecule has 29 heavy (non-hydrogen) atoms. The van der Waals surface area contributed by atoms with Crippen LogP contribution >= 0.6 is 11.3 Å². The number of carbonyl (C=O) groups is 2. The molecule has 2 heterocycles. The van der Waals surface area contributed by atoms with E-state index in [1.54, 1.807) is 12.0 Å². The number of benzene rings is 2. The van der Waals surface area contributed by atoms with Gasteiger partial charge in [0.25, 0.3) is 0 Å². The van der Waals surface area contributed by atoms with Crippen molar-refractivity contribution in [3.63, 3.8) is 0 Å². The lowest BCUT2D eigenvalue weighted by atomic mass is 10.1. The standard InChI is InChI=1S/C22H21N3O3S/c1-14-6-8-17(9-7-14)25-12-16(11-20(25)26)21(27)24-22-23-19(13-29-22)15-4-3-5-18(10-15)28-2/h3-10,13,16H,11-12H2,1-2H3,(H,23,24,27)/t16-/m1/s1. The van der Waals surface area contributed by atoms with Crippen LogP contribution in [0.2, 0.25) is 0 Å². The number of thiazole rings is 1. The quantitative estimate of drug-likeness (QED) is 0.691. The average molecular weight is 407 g/mol. The molecule has 1 aliphatic heterocycles. The van der Waals surface area contributed by atoms with E-state index in [0.29, 0.717) is 11.7 Å². The Morgan fingerprint density at radius 3 is 2.79 bits per heavy atom. The van der Waals surface area contributed by atoms with Crippen molar-refractivity contribution in [3.05, 3.63) is 59.5 Å². The van der Waals surface area contributed by atoms with Crippen LogP contribution in [0.1, 0.15) is 12.0 Å². The largest absolute Gasteiger partial charge is 0.497 e. The molecule has 2 amide bonds. The van der Waals surface area contributed by atoms with E-state index in [9.17, 15) is 9.59 Å². The highest BCUT2D eigenvalue weighted by Crippen LogP contribution is 2.29. The summed E-state index contributed by atoms with van der Waals surface area (Å²) in [6, 6.07) is 15.4. The summed E-state index contributed by atoms with van der Waals surface area (Å²) in [5.41, 5.74) is 3.64. The third kappa shape index (κ3) is 4.14. The predicted molar refractivity (Wildman–Crippen MR) is 114 cm³/mol. The summed E-state index contributed by atoms with van der Waals surface area (Å²) in [6.45, 7) is 2.38. The van der Waals surface area contributed by atoms with Crippen molar-refractivity contribution >= 4 is 34.0 Å². The average Bonchev–Trinajstić information content (AvgIpc) is 3.35. The number of aromatic nitrogens is 1. The molecule has 1 aliphatic rings. The summed E-state index contributed by atoms with van der Waals surface area (Å²) < 4.78 is 5.25. The number of hydrogen-bond acceptors (Lipinski definition) is 5. The SMILES string of the molecule is COc1cccc(-c2csc(NC(=O)[C@@H]3CC(=O)N(c4ccc(C)cc4)C3)n2)c1. The Labute approximate surface area is 173 Å². The molecule has 1 saturated heterocycles. The Balaban J connectivity index is 1.43. The summed E-state index contributed by atoms with van der Waals surface area (Å²) in [7, 11) is 1.62. The second kappa shape index (κ2) is 8.05. The maximum absolute atomic E-state index is 12.7. The lowest BCUT2D eigenvalue weighted by Crippen LogP contribution is -2.28. The maximum atomic E-state index is 12.7. The first-order valence-electron chi connectivity index (χ1n) is 9.31. The normalized spacial score (nSPS) is 16.1. The van der Waals surface area contributed by atoms with Gasteiger partial charge in [-0.05, 0) is 31.2 Å². The Morgan fingerprint density at radius 1 is 1.24 bits per heavy atom. The summed E-state index contributed by atoms with van der Waals surface area (Å²) in [5.74, 6) is 0.138. The van der Waals surface area contributed by atoms with Gasteiger partial charge < -0.3 is 15.0 Å². The fourth-order valence-corrected chi connectivity index (χ4v) is 4.03. The van der Waals surface area contributed by atoms with E-state index < -0.39 is 5.92 Å². The van der Waals surface area contributed by atoms with Crippen LogP contribution in [0.15, 0.2) is 53.9 Å². The van der Waals surface area contributed by atoms with Crippen LogP contribution in [0.5, 0.6) is 5.75 Å². The van der Waals surface area contributed by atoms with E-state index in [1.165, 1.54) is 11.3 Å². The second-order valence-electron chi connectivity index (χ2n) is 7.00. The molecule has 148 valence electrons. The Morgan fingerprint density at radius 2 is 2.03 bits per heavy atom. The second-order valence-corrected chi connectivity index (χ2v) is 7.86. The number of rotatable bonds is 5. The van der Waals surface area contributed by atoms with E-state index in [0.717, 1.165) is 28.3 Å². The van der Waals surface area contributed by atoms with Gasteiger partial charge in [-0.25, -0.2) is 4.98 Å². The van der Waals surface area contributed by atoms with Gasteiger partial charge in [-0.2, -0.15) is 0 Å². The van der Waals surface area contributed by atoms with Gasteiger partial charge >= 0.3 is 0 Å². The molecule has 0 unspecified atom stereocenters. The molecule has 0 saturated carbocycles. The van der Waals surface area contributed by atoms with Crippen molar-refractivity contribution in [1.82, 2.24) is 4.98 Å². The molecule has 1 N–H and O–H groups in total. The van der Waals surface area contributed by atoms with Crippen LogP contribution in [-0.4, -0.2) is 30.5 Å². The molecule has 1 atom stereocenters. The summed E-state index contributed by atoms with van der Waals surface area (Å²) in [4.78, 5) is 31.3. The number of methoxy groups -OCH3 is 1. The first-order chi connectivity index (χ1) is 14.0. The monoisotopic (exact) mass is 407 g/mol. The van der Waals surface area contributed by atoms with E-state index in [2.05, 4.69) is 10.3 Å². The minimum absolute atomic E-state index is 0.0368. The van der Waals surface area contributed by atoms with Gasteiger partial charge in [0.15, 0.2) is 5.13 Å². The molecule has 0 radical (unpaired) electrons. The van der Waals surface area contributed by atoms with Crippen LogP contribution in [0.25, 0.3) is 11.3 Å².